The lowest BCUT2D eigenvalue weighted by Gasteiger charge is -2.32. The minimum atomic E-state index is 0. The molecule has 0 aromatic heterocycles. The van der Waals surface area contributed by atoms with Crippen molar-refractivity contribution in [2.45, 2.75) is 26.4 Å². The van der Waals surface area contributed by atoms with E-state index < -0.39 is 0 Å². The van der Waals surface area contributed by atoms with Crippen LogP contribution in [0.3, 0.4) is 0 Å². The molecule has 1 saturated heterocycles. The van der Waals surface area contributed by atoms with Crippen LogP contribution in [0.1, 0.15) is 19.4 Å². The molecule has 1 aromatic carbocycles. The highest BCUT2D eigenvalue weighted by Gasteiger charge is 2.17. The van der Waals surface area contributed by atoms with Crippen molar-refractivity contribution < 1.29 is 4.74 Å². The van der Waals surface area contributed by atoms with Gasteiger partial charge in [0, 0.05) is 39.3 Å². The van der Waals surface area contributed by atoms with E-state index in [0.29, 0.717) is 6.04 Å². The molecule has 0 saturated carbocycles. The summed E-state index contributed by atoms with van der Waals surface area (Å²) in [6, 6.07) is 10.9. The molecule has 0 radical (unpaired) electrons. The molecule has 1 N–H and O–H groups in total. The van der Waals surface area contributed by atoms with Gasteiger partial charge in [-0.25, -0.2) is 0 Å². The van der Waals surface area contributed by atoms with Crippen LogP contribution in [0.25, 0.3) is 0 Å². The lowest BCUT2D eigenvalue weighted by atomic mass is 10.2. The fourth-order valence-electron chi connectivity index (χ4n) is 2.75. The SMILES string of the molecule is CCNC(=NCC(C)N1CCOCC1)N(C)Cc1ccccc1.I. The summed E-state index contributed by atoms with van der Waals surface area (Å²) in [7, 11) is 2.09. The van der Waals surface area contributed by atoms with Crippen LogP contribution in [0.15, 0.2) is 35.3 Å². The van der Waals surface area contributed by atoms with Gasteiger partial charge in [-0.3, -0.25) is 9.89 Å². The largest absolute Gasteiger partial charge is 0.379 e. The van der Waals surface area contributed by atoms with Crippen LogP contribution in [-0.2, 0) is 11.3 Å². The molecule has 136 valence electrons. The molecule has 0 spiro atoms. The molecule has 1 unspecified atom stereocenters. The number of aliphatic imine (C=N–C) groups is 1. The summed E-state index contributed by atoms with van der Waals surface area (Å²) in [6.45, 7) is 10.6. The molecule has 0 aliphatic carbocycles. The van der Waals surface area contributed by atoms with E-state index in [1.807, 2.05) is 6.07 Å². The van der Waals surface area contributed by atoms with Crippen LogP contribution in [0, 0.1) is 0 Å². The van der Waals surface area contributed by atoms with Gasteiger partial charge < -0.3 is 15.0 Å². The van der Waals surface area contributed by atoms with E-state index in [0.717, 1.165) is 51.9 Å². The number of hydrogen-bond acceptors (Lipinski definition) is 3. The van der Waals surface area contributed by atoms with Crippen molar-refractivity contribution in [1.82, 2.24) is 15.1 Å². The topological polar surface area (TPSA) is 40.1 Å². The molecule has 0 bridgehead atoms. The Balaban J connectivity index is 0.00000288. The third kappa shape index (κ3) is 6.94. The van der Waals surface area contributed by atoms with Crippen LogP contribution in [-0.4, -0.2) is 68.2 Å². The molecule has 1 heterocycles. The molecular weight excluding hydrogens is 415 g/mol. The summed E-state index contributed by atoms with van der Waals surface area (Å²) in [5.41, 5.74) is 1.29. The maximum atomic E-state index is 5.42. The first-order chi connectivity index (χ1) is 11.2. The second-order valence-electron chi connectivity index (χ2n) is 6.03. The molecule has 24 heavy (non-hydrogen) atoms. The summed E-state index contributed by atoms with van der Waals surface area (Å²) >= 11 is 0. The molecule has 1 fully saturated rings. The van der Waals surface area contributed by atoms with Crippen molar-refractivity contribution in [3.63, 3.8) is 0 Å². The second-order valence-corrected chi connectivity index (χ2v) is 6.03. The second kappa shape index (κ2) is 11.7. The van der Waals surface area contributed by atoms with Gasteiger partial charge >= 0.3 is 0 Å². The standard InChI is InChI=1S/C18H30N4O.HI/c1-4-19-18(21(3)15-17-8-6-5-7-9-17)20-14-16(2)22-10-12-23-13-11-22;/h5-9,16H,4,10-15H2,1-3H3,(H,19,20);1H. The number of halogens is 1. The van der Waals surface area contributed by atoms with Crippen LogP contribution >= 0.6 is 24.0 Å². The number of rotatable bonds is 6. The molecule has 1 aromatic rings. The molecule has 2 rings (SSSR count). The van der Waals surface area contributed by atoms with Crippen LogP contribution < -0.4 is 5.32 Å². The summed E-state index contributed by atoms with van der Waals surface area (Å²) < 4.78 is 5.42. The highest BCUT2D eigenvalue weighted by molar-refractivity contribution is 14.0. The van der Waals surface area contributed by atoms with Gasteiger partial charge in [-0.2, -0.15) is 0 Å². The Morgan fingerprint density at radius 2 is 1.96 bits per heavy atom. The van der Waals surface area contributed by atoms with E-state index in [1.54, 1.807) is 0 Å². The molecule has 5 nitrogen and oxygen atoms in total. The van der Waals surface area contributed by atoms with Crippen molar-refractivity contribution in [3.05, 3.63) is 35.9 Å². The fraction of sp³-hybridized carbons (Fsp3) is 0.611. The Labute approximate surface area is 163 Å². The third-order valence-corrected chi connectivity index (χ3v) is 4.13. The quantitative estimate of drug-likeness (QED) is 0.414. The van der Waals surface area contributed by atoms with Crippen LogP contribution in [0.2, 0.25) is 0 Å². The lowest BCUT2D eigenvalue weighted by molar-refractivity contribution is 0.0220. The smallest absolute Gasteiger partial charge is 0.194 e. The maximum Gasteiger partial charge on any atom is 0.194 e. The van der Waals surface area contributed by atoms with Crippen molar-refractivity contribution >= 4 is 29.9 Å². The van der Waals surface area contributed by atoms with Gasteiger partial charge in [0.05, 0.1) is 19.8 Å². The zero-order valence-corrected chi connectivity index (χ0v) is 17.4. The minimum absolute atomic E-state index is 0. The molecular formula is C18H31IN4O. The fourth-order valence-corrected chi connectivity index (χ4v) is 2.75. The first kappa shape index (κ1) is 21.2. The first-order valence-corrected chi connectivity index (χ1v) is 8.56. The van der Waals surface area contributed by atoms with Crippen molar-refractivity contribution in [3.8, 4) is 0 Å². The number of nitrogens with one attached hydrogen (secondary N) is 1. The average Bonchev–Trinajstić information content (AvgIpc) is 2.60. The van der Waals surface area contributed by atoms with E-state index in [-0.39, 0.29) is 24.0 Å². The Bertz CT molecular complexity index is 477. The summed E-state index contributed by atoms with van der Waals surface area (Å²) in [5.74, 6) is 0.969. The predicted octanol–water partition coefficient (Wildman–Crippen LogP) is 2.42. The minimum Gasteiger partial charge on any atom is -0.379 e. The summed E-state index contributed by atoms with van der Waals surface area (Å²) in [5, 5.41) is 3.39. The molecule has 6 heteroatoms. The van der Waals surface area contributed by atoms with Gasteiger partial charge in [0.15, 0.2) is 5.96 Å². The van der Waals surface area contributed by atoms with Crippen molar-refractivity contribution in [2.75, 3.05) is 46.4 Å². The number of ether oxygens (including phenoxy) is 1. The monoisotopic (exact) mass is 446 g/mol. The number of morpholine rings is 1. The van der Waals surface area contributed by atoms with Gasteiger partial charge in [-0.1, -0.05) is 30.3 Å². The van der Waals surface area contributed by atoms with Gasteiger partial charge in [-0.15, -0.1) is 24.0 Å². The maximum absolute atomic E-state index is 5.42. The highest BCUT2D eigenvalue weighted by atomic mass is 127. The Hall–Kier alpha value is -0.860. The zero-order valence-electron chi connectivity index (χ0n) is 15.1. The first-order valence-electron chi connectivity index (χ1n) is 8.56. The van der Waals surface area contributed by atoms with Crippen LogP contribution in [0.5, 0.6) is 0 Å². The van der Waals surface area contributed by atoms with Gasteiger partial charge in [0.2, 0.25) is 0 Å². The Morgan fingerprint density at radius 3 is 2.58 bits per heavy atom. The van der Waals surface area contributed by atoms with Gasteiger partial charge in [0.1, 0.15) is 0 Å². The van der Waals surface area contributed by atoms with Crippen molar-refractivity contribution in [1.29, 1.82) is 0 Å². The van der Waals surface area contributed by atoms with E-state index in [9.17, 15) is 0 Å². The molecule has 1 aliphatic heterocycles. The van der Waals surface area contributed by atoms with E-state index in [1.165, 1.54) is 5.56 Å². The Morgan fingerprint density at radius 1 is 1.29 bits per heavy atom. The van der Waals surface area contributed by atoms with E-state index in [4.69, 9.17) is 9.73 Å². The van der Waals surface area contributed by atoms with Crippen molar-refractivity contribution in [2.24, 2.45) is 4.99 Å². The van der Waals surface area contributed by atoms with E-state index >= 15 is 0 Å². The highest BCUT2D eigenvalue weighted by Crippen LogP contribution is 2.06. The normalized spacial score (nSPS) is 17.0. The van der Waals surface area contributed by atoms with Crippen LogP contribution in [0.4, 0.5) is 0 Å². The number of hydrogen-bond donors (Lipinski definition) is 1. The predicted molar refractivity (Wildman–Crippen MR) is 111 cm³/mol. The lowest BCUT2D eigenvalue weighted by Crippen LogP contribution is -2.44. The molecule has 1 atom stereocenters. The number of benzene rings is 1. The van der Waals surface area contributed by atoms with Gasteiger partial charge in [-0.05, 0) is 19.4 Å². The molecule has 0 amide bonds. The zero-order chi connectivity index (χ0) is 16.5. The average molecular weight is 446 g/mol. The molecule has 1 aliphatic rings. The van der Waals surface area contributed by atoms with E-state index in [2.05, 4.69) is 60.3 Å². The van der Waals surface area contributed by atoms with Gasteiger partial charge in [0.25, 0.3) is 0 Å². The number of nitrogens with zero attached hydrogens (tertiary/aromatic N) is 3. The third-order valence-electron chi connectivity index (χ3n) is 4.13. The number of guanidine groups is 1. The summed E-state index contributed by atoms with van der Waals surface area (Å²) in [4.78, 5) is 9.47. The Kier molecular flexibility index (Phi) is 10.3. The summed E-state index contributed by atoms with van der Waals surface area (Å²) in [6.07, 6.45) is 0.